The van der Waals surface area contributed by atoms with Gasteiger partial charge in [0.1, 0.15) is 5.75 Å². The number of rotatable bonds is 4. The number of ether oxygens (including phenoxy) is 1. The van der Waals surface area contributed by atoms with Gasteiger partial charge in [-0.3, -0.25) is 4.79 Å². The molecule has 2 rings (SSSR count). The van der Waals surface area contributed by atoms with Crippen molar-refractivity contribution < 1.29 is 9.53 Å². The third kappa shape index (κ3) is 3.86. The molecule has 20 heavy (non-hydrogen) atoms. The lowest BCUT2D eigenvalue weighted by Gasteiger charge is -2.30. The molecule has 108 valence electrons. The van der Waals surface area contributed by atoms with Gasteiger partial charge < -0.3 is 9.64 Å². The zero-order valence-corrected chi connectivity index (χ0v) is 12.3. The Balaban J connectivity index is 1.96. The van der Waals surface area contributed by atoms with Crippen molar-refractivity contribution in [1.29, 1.82) is 0 Å². The highest BCUT2D eigenvalue weighted by Crippen LogP contribution is 2.22. The van der Waals surface area contributed by atoms with E-state index in [2.05, 4.69) is 0 Å². The molecule has 1 fully saturated rings. The first kappa shape index (κ1) is 14.6. The van der Waals surface area contributed by atoms with Gasteiger partial charge in [0.25, 0.3) is 0 Å². The standard InChI is InChI=1S/C17H23NO2/c1-18(15-8-4-3-5-9-15)17(19)12-11-14-7-6-10-16(13-14)20-2/h6-7,10-13,15H,3-5,8-9H2,1-2H3/b12-11+. The number of carbonyl (C=O) groups excluding carboxylic acids is 1. The Labute approximate surface area is 121 Å². The van der Waals surface area contributed by atoms with Gasteiger partial charge in [0.05, 0.1) is 7.11 Å². The monoisotopic (exact) mass is 273 g/mol. The highest BCUT2D eigenvalue weighted by Gasteiger charge is 2.20. The molecular formula is C17H23NO2. The largest absolute Gasteiger partial charge is 0.497 e. The second-order valence-corrected chi connectivity index (χ2v) is 5.35. The summed E-state index contributed by atoms with van der Waals surface area (Å²) in [5.74, 6) is 0.889. The number of amides is 1. The molecule has 1 saturated carbocycles. The Kier molecular flexibility index (Phi) is 5.22. The van der Waals surface area contributed by atoms with E-state index < -0.39 is 0 Å². The molecule has 1 aromatic carbocycles. The van der Waals surface area contributed by atoms with E-state index >= 15 is 0 Å². The highest BCUT2D eigenvalue weighted by molar-refractivity contribution is 5.91. The summed E-state index contributed by atoms with van der Waals surface area (Å²) < 4.78 is 5.18. The van der Waals surface area contributed by atoms with Gasteiger partial charge in [0.15, 0.2) is 0 Å². The van der Waals surface area contributed by atoms with Gasteiger partial charge in [0, 0.05) is 19.2 Å². The van der Waals surface area contributed by atoms with Crippen LogP contribution in [0.5, 0.6) is 5.75 Å². The molecule has 0 saturated heterocycles. The van der Waals surface area contributed by atoms with Crippen molar-refractivity contribution in [3.63, 3.8) is 0 Å². The Bertz CT molecular complexity index is 476. The van der Waals surface area contributed by atoms with Gasteiger partial charge in [-0.25, -0.2) is 0 Å². The zero-order chi connectivity index (χ0) is 14.4. The van der Waals surface area contributed by atoms with Crippen LogP contribution in [0, 0.1) is 0 Å². The van der Waals surface area contributed by atoms with Crippen LogP contribution in [0.4, 0.5) is 0 Å². The number of carbonyl (C=O) groups is 1. The van der Waals surface area contributed by atoms with E-state index in [0.29, 0.717) is 6.04 Å². The van der Waals surface area contributed by atoms with E-state index in [0.717, 1.165) is 24.2 Å². The fourth-order valence-corrected chi connectivity index (χ4v) is 2.68. The summed E-state index contributed by atoms with van der Waals surface area (Å²) in [6.07, 6.45) is 9.56. The van der Waals surface area contributed by atoms with Crippen LogP contribution < -0.4 is 4.74 Å². The number of hydrogen-bond donors (Lipinski definition) is 0. The van der Waals surface area contributed by atoms with Crippen molar-refractivity contribution >= 4 is 12.0 Å². The van der Waals surface area contributed by atoms with E-state index in [1.165, 1.54) is 19.3 Å². The SMILES string of the molecule is COc1cccc(/C=C/C(=O)N(C)C2CCCCC2)c1. The minimum atomic E-state index is 0.0831. The number of likely N-dealkylation sites (N-methyl/N-ethyl adjacent to an activating group) is 1. The summed E-state index contributed by atoms with van der Waals surface area (Å²) in [5.41, 5.74) is 0.981. The topological polar surface area (TPSA) is 29.5 Å². The van der Waals surface area contributed by atoms with Crippen molar-refractivity contribution in [3.8, 4) is 5.75 Å². The summed E-state index contributed by atoms with van der Waals surface area (Å²) >= 11 is 0. The Morgan fingerprint density at radius 3 is 2.75 bits per heavy atom. The molecule has 0 aliphatic heterocycles. The van der Waals surface area contributed by atoms with Crippen LogP contribution in [-0.2, 0) is 4.79 Å². The number of hydrogen-bond acceptors (Lipinski definition) is 2. The Morgan fingerprint density at radius 1 is 1.30 bits per heavy atom. The van der Waals surface area contributed by atoms with E-state index in [4.69, 9.17) is 4.74 Å². The third-order valence-corrected chi connectivity index (χ3v) is 3.98. The molecule has 0 radical (unpaired) electrons. The minimum absolute atomic E-state index is 0.0831. The maximum absolute atomic E-state index is 12.2. The number of nitrogens with zero attached hydrogens (tertiary/aromatic N) is 1. The van der Waals surface area contributed by atoms with Crippen molar-refractivity contribution in [2.45, 2.75) is 38.1 Å². The molecule has 1 aromatic rings. The molecule has 3 heteroatoms. The number of methoxy groups -OCH3 is 1. The van der Waals surface area contributed by atoms with Crippen molar-refractivity contribution in [2.75, 3.05) is 14.2 Å². The van der Waals surface area contributed by atoms with E-state index in [-0.39, 0.29) is 5.91 Å². The fourth-order valence-electron chi connectivity index (χ4n) is 2.68. The van der Waals surface area contributed by atoms with E-state index in [9.17, 15) is 4.79 Å². The summed E-state index contributed by atoms with van der Waals surface area (Å²) in [6, 6.07) is 8.12. The molecule has 0 N–H and O–H groups in total. The van der Waals surface area contributed by atoms with Crippen molar-refractivity contribution in [3.05, 3.63) is 35.9 Å². The third-order valence-electron chi connectivity index (χ3n) is 3.98. The summed E-state index contributed by atoms with van der Waals surface area (Å²) in [6.45, 7) is 0. The predicted molar refractivity (Wildman–Crippen MR) is 81.7 cm³/mol. The van der Waals surface area contributed by atoms with Crippen LogP contribution in [-0.4, -0.2) is 31.0 Å². The molecule has 0 unspecified atom stereocenters. The second kappa shape index (κ2) is 7.13. The van der Waals surface area contributed by atoms with Gasteiger partial charge in [0.2, 0.25) is 5.91 Å². The normalized spacial score (nSPS) is 16.3. The van der Waals surface area contributed by atoms with Crippen molar-refractivity contribution in [2.24, 2.45) is 0 Å². The molecule has 1 amide bonds. The maximum atomic E-state index is 12.2. The lowest BCUT2D eigenvalue weighted by molar-refractivity contribution is -0.127. The second-order valence-electron chi connectivity index (χ2n) is 5.35. The zero-order valence-electron chi connectivity index (χ0n) is 12.3. The van der Waals surface area contributed by atoms with Crippen molar-refractivity contribution in [1.82, 2.24) is 4.90 Å². The smallest absolute Gasteiger partial charge is 0.246 e. The van der Waals surface area contributed by atoms with Crippen LogP contribution in [0.2, 0.25) is 0 Å². The Hall–Kier alpha value is -1.77. The van der Waals surface area contributed by atoms with Crippen LogP contribution >= 0.6 is 0 Å². The molecule has 3 nitrogen and oxygen atoms in total. The first-order valence-corrected chi connectivity index (χ1v) is 7.29. The molecule has 0 aromatic heterocycles. The molecular weight excluding hydrogens is 250 g/mol. The molecule has 1 aliphatic carbocycles. The van der Waals surface area contributed by atoms with Crippen LogP contribution in [0.25, 0.3) is 6.08 Å². The van der Waals surface area contributed by atoms with E-state index in [1.807, 2.05) is 42.3 Å². The number of benzene rings is 1. The summed E-state index contributed by atoms with van der Waals surface area (Å²) in [5, 5.41) is 0. The molecule has 0 bridgehead atoms. The summed E-state index contributed by atoms with van der Waals surface area (Å²) in [7, 11) is 3.55. The molecule has 0 spiro atoms. The van der Waals surface area contributed by atoms with Gasteiger partial charge in [-0.15, -0.1) is 0 Å². The van der Waals surface area contributed by atoms with Gasteiger partial charge >= 0.3 is 0 Å². The quantitative estimate of drug-likeness (QED) is 0.786. The summed E-state index contributed by atoms with van der Waals surface area (Å²) in [4.78, 5) is 14.1. The molecule has 1 aliphatic rings. The molecule has 0 heterocycles. The average Bonchev–Trinajstić information content (AvgIpc) is 2.53. The van der Waals surface area contributed by atoms with E-state index in [1.54, 1.807) is 13.2 Å². The average molecular weight is 273 g/mol. The van der Waals surface area contributed by atoms with Gasteiger partial charge in [-0.1, -0.05) is 31.4 Å². The predicted octanol–water partition coefficient (Wildman–Crippen LogP) is 3.50. The van der Waals surface area contributed by atoms with Gasteiger partial charge in [-0.2, -0.15) is 0 Å². The lowest BCUT2D eigenvalue weighted by atomic mass is 9.94. The first-order chi connectivity index (χ1) is 9.70. The van der Waals surface area contributed by atoms with Crippen LogP contribution in [0.1, 0.15) is 37.7 Å². The Morgan fingerprint density at radius 2 is 2.05 bits per heavy atom. The van der Waals surface area contributed by atoms with Gasteiger partial charge in [-0.05, 0) is 36.6 Å². The minimum Gasteiger partial charge on any atom is -0.497 e. The fraction of sp³-hybridized carbons (Fsp3) is 0.471. The van der Waals surface area contributed by atoms with Crippen LogP contribution in [0.3, 0.4) is 0 Å². The first-order valence-electron chi connectivity index (χ1n) is 7.29. The molecule has 0 atom stereocenters. The van der Waals surface area contributed by atoms with Crippen LogP contribution in [0.15, 0.2) is 30.3 Å². The highest BCUT2D eigenvalue weighted by atomic mass is 16.5. The lowest BCUT2D eigenvalue weighted by Crippen LogP contribution is -2.37. The maximum Gasteiger partial charge on any atom is 0.246 e.